The fourth-order valence-corrected chi connectivity index (χ4v) is 1.67. The summed E-state index contributed by atoms with van der Waals surface area (Å²) in [5.41, 5.74) is 2.90. The van der Waals surface area contributed by atoms with Gasteiger partial charge in [-0.2, -0.15) is 5.10 Å². The van der Waals surface area contributed by atoms with Crippen molar-refractivity contribution in [3.63, 3.8) is 0 Å². The third-order valence-electron chi connectivity index (χ3n) is 2.54. The fraction of sp³-hybridized carbons (Fsp3) is 0. The van der Waals surface area contributed by atoms with Crippen LogP contribution < -0.4 is 0 Å². The van der Waals surface area contributed by atoms with Crippen LogP contribution >= 0.6 is 0 Å². The molecule has 0 amide bonds. The van der Waals surface area contributed by atoms with Crippen LogP contribution in [0.5, 0.6) is 0 Å². The quantitative estimate of drug-likeness (QED) is 0.734. The summed E-state index contributed by atoms with van der Waals surface area (Å²) in [5.74, 6) is 0.776. The zero-order chi connectivity index (χ0) is 12.2. The number of rotatable bonds is 3. The molecule has 0 aliphatic heterocycles. The van der Waals surface area contributed by atoms with E-state index in [0.717, 1.165) is 22.6 Å². The van der Waals surface area contributed by atoms with Crippen molar-refractivity contribution in [1.29, 1.82) is 0 Å². The fourth-order valence-electron chi connectivity index (χ4n) is 1.67. The Hall–Kier alpha value is -2.69. The summed E-state index contributed by atoms with van der Waals surface area (Å²) in [7, 11) is 0. The van der Waals surface area contributed by atoms with Crippen molar-refractivity contribution < 1.29 is 0 Å². The predicted molar refractivity (Wildman–Crippen MR) is 69.3 cm³/mol. The van der Waals surface area contributed by atoms with Gasteiger partial charge in [-0.1, -0.05) is 18.2 Å². The first-order valence-electron chi connectivity index (χ1n) is 5.55. The van der Waals surface area contributed by atoms with E-state index >= 15 is 0 Å². The van der Waals surface area contributed by atoms with Crippen LogP contribution in [-0.4, -0.2) is 25.1 Å². The smallest absolute Gasteiger partial charge is 0.156 e. The SMILES string of the molecule is C(=Cc1cn[nH]c1-c1ncc[nH]1)c1cccnc1. The van der Waals surface area contributed by atoms with Gasteiger partial charge in [0.2, 0.25) is 0 Å². The molecule has 0 aromatic carbocycles. The van der Waals surface area contributed by atoms with E-state index < -0.39 is 0 Å². The maximum absolute atomic E-state index is 4.20. The third kappa shape index (κ3) is 2.06. The Morgan fingerprint density at radius 2 is 2.11 bits per heavy atom. The monoisotopic (exact) mass is 237 g/mol. The molecule has 2 N–H and O–H groups in total. The lowest BCUT2D eigenvalue weighted by Gasteiger charge is -1.94. The van der Waals surface area contributed by atoms with Crippen molar-refractivity contribution >= 4 is 12.2 Å². The largest absolute Gasteiger partial charge is 0.343 e. The molecular weight excluding hydrogens is 226 g/mol. The summed E-state index contributed by atoms with van der Waals surface area (Å²) in [5, 5.41) is 6.97. The minimum atomic E-state index is 0.776. The molecule has 0 radical (unpaired) electrons. The molecule has 3 aromatic rings. The Morgan fingerprint density at radius 1 is 1.11 bits per heavy atom. The van der Waals surface area contributed by atoms with E-state index in [0.29, 0.717) is 0 Å². The molecule has 0 spiro atoms. The van der Waals surface area contributed by atoms with Crippen LogP contribution in [0.3, 0.4) is 0 Å². The first-order chi connectivity index (χ1) is 8.93. The van der Waals surface area contributed by atoms with Crippen molar-refractivity contribution in [3.05, 3.63) is 54.2 Å². The lowest BCUT2D eigenvalue weighted by atomic mass is 10.2. The van der Waals surface area contributed by atoms with E-state index in [1.165, 1.54) is 0 Å². The summed E-state index contributed by atoms with van der Waals surface area (Å²) < 4.78 is 0. The van der Waals surface area contributed by atoms with Crippen LogP contribution in [0.2, 0.25) is 0 Å². The van der Waals surface area contributed by atoms with Gasteiger partial charge >= 0.3 is 0 Å². The van der Waals surface area contributed by atoms with Crippen molar-refractivity contribution in [3.8, 4) is 11.5 Å². The van der Waals surface area contributed by atoms with Gasteiger partial charge in [-0.3, -0.25) is 10.1 Å². The molecule has 0 aliphatic rings. The third-order valence-corrected chi connectivity index (χ3v) is 2.54. The minimum Gasteiger partial charge on any atom is -0.343 e. The number of hydrogen-bond donors (Lipinski definition) is 2. The number of nitrogens with one attached hydrogen (secondary N) is 2. The van der Waals surface area contributed by atoms with Crippen LogP contribution in [0, 0.1) is 0 Å². The Morgan fingerprint density at radius 3 is 2.89 bits per heavy atom. The highest BCUT2D eigenvalue weighted by atomic mass is 15.1. The van der Waals surface area contributed by atoms with E-state index in [4.69, 9.17) is 0 Å². The highest BCUT2D eigenvalue weighted by Crippen LogP contribution is 2.18. The standard InChI is InChI=1S/C13H11N5/c1-2-10(8-14-5-1)3-4-11-9-17-18-12(11)13-15-6-7-16-13/h1-9H,(H,15,16)(H,17,18). The molecule has 5 nitrogen and oxygen atoms in total. The summed E-state index contributed by atoms with van der Waals surface area (Å²) >= 11 is 0. The summed E-state index contributed by atoms with van der Waals surface area (Å²) in [6.07, 6.45) is 12.8. The molecule has 18 heavy (non-hydrogen) atoms. The normalized spacial score (nSPS) is 11.1. The van der Waals surface area contributed by atoms with E-state index in [2.05, 4.69) is 25.1 Å². The highest BCUT2D eigenvalue weighted by Gasteiger charge is 2.06. The van der Waals surface area contributed by atoms with Crippen molar-refractivity contribution in [2.24, 2.45) is 0 Å². The van der Waals surface area contributed by atoms with Crippen LogP contribution in [0.25, 0.3) is 23.7 Å². The van der Waals surface area contributed by atoms with Crippen molar-refractivity contribution in [2.75, 3.05) is 0 Å². The number of pyridine rings is 1. The zero-order valence-corrected chi connectivity index (χ0v) is 9.54. The lowest BCUT2D eigenvalue weighted by molar-refractivity contribution is 1.08. The summed E-state index contributed by atoms with van der Waals surface area (Å²) in [6.45, 7) is 0. The molecule has 0 saturated carbocycles. The summed E-state index contributed by atoms with van der Waals surface area (Å²) in [4.78, 5) is 11.3. The van der Waals surface area contributed by atoms with Gasteiger partial charge in [0.05, 0.1) is 6.20 Å². The van der Waals surface area contributed by atoms with Gasteiger partial charge in [0.1, 0.15) is 5.69 Å². The average Bonchev–Trinajstić information content (AvgIpc) is 3.08. The van der Waals surface area contributed by atoms with Gasteiger partial charge in [0.25, 0.3) is 0 Å². The number of imidazole rings is 1. The second-order valence-electron chi connectivity index (χ2n) is 3.76. The van der Waals surface area contributed by atoms with Gasteiger partial charge in [0, 0.05) is 30.4 Å². The average molecular weight is 237 g/mol. The van der Waals surface area contributed by atoms with Gasteiger partial charge in [-0.05, 0) is 11.6 Å². The molecule has 0 aliphatic carbocycles. The van der Waals surface area contributed by atoms with Crippen molar-refractivity contribution in [1.82, 2.24) is 25.1 Å². The minimum absolute atomic E-state index is 0.776. The molecule has 0 atom stereocenters. The Bertz CT molecular complexity index is 637. The zero-order valence-electron chi connectivity index (χ0n) is 9.54. The lowest BCUT2D eigenvalue weighted by Crippen LogP contribution is -1.83. The number of H-pyrrole nitrogens is 2. The Labute approximate surface area is 104 Å². The van der Waals surface area contributed by atoms with Crippen LogP contribution in [0.1, 0.15) is 11.1 Å². The number of nitrogens with zero attached hydrogens (tertiary/aromatic N) is 3. The molecule has 0 unspecified atom stereocenters. The second kappa shape index (κ2) is 4.67. The highest BCUT2D eigenvalue weighted by molar-refractivity contribution is 5.76. The van der Waals surface area contributed by atoms with Crippen LogP contribution in [0.4, 0.5) is 0 Å². The first kappa shape index (κ1) is 10.5. The van der Waals surface area contributed by atoms with Crippen molar-refractivity contribution in [2.45, 2.75) is 0 Å². The first-order valence-corrected chi connectivity index (χ1v) is 5.55. The number of aromatic amines is 2. The molecular formula is C13H11N5. The van der Waals surface area contributed by atoms with E-state index in [1.807, 2.05) is 30.5 Å². The van der Waals surface area contributed by atoms with E-state index in [-0.39, 0.29) is 0 Å². The predicted octanol–water partition coefficient (Wildman–Crippen LogP) is 2.37. The van der Waals surface area contributed by atoms with Crippen LogP contribution in [0.15, 0.2) is 43.1 Å². The molecule has 3 heterocycles. The molecule has 88 valence electrons. The van der Waals surface area contributed by atoms with Gasteiger partial charge in [-0.25, -0.2) is 4.98 Å². The van der Waals surface area contributed by atoms with E-state index in [9.17, 15) is 0 Å². The topological polar surface area (TPSA) is 70.2 Å². The van der Waals surface area contributed by atoms with Gasteiger partial charge in [0.15, 0.2) is 5.82 Å². The number of hydrogen-bond acceptors (Lipinski definition) is 3. The molecule has 0 fully saturated rings. The molecule has 5 heteroatoms. The Kier molecular flexibility index (Phi) is 2.71. The molecule has 0 bridgehead atoms. The van der Waals surface area contributed by atoms with Gasteiger partial charge < -0.3 is 4.98 Å². The molecule has 0 saturated heterocycles. The van der Waals surface area contributed by atoms with Crippen LogP contribution in [-0.2, 0) is 0 Å². The Balaban J connectivity index is 1.91. The maximum Gasteiger partial charge on any atom is 0.156 e. The second-order valence-corrected chi connectivity index (χ2v) is 3.76. The maximum atomic E-state index is 4.20. The van der Waals surface area contributed by atoms with Gasteiger partial charge in [-0.15, -0.1) is 0 Å². The number of aromatic nitrogens is 5. The van der Waals surface area contributed by atoms with E-state index in [1.54, 1.807) is 24.8 Å². The summed E-state index contributed by atoms with van der Waals surface area (Å²) in [6, 6.07) is 3.90. The molecule has 3 aromatic heterocycles. The molecule has 3 rings (SSSR count).